The number of hydrogen-bond donors (Lipinski definition) is 1. The van der Waals surface area contributed by atoms with Crippen LogP contribution in [-0.4, -0.2) is 87.4 Å². The molecule has 0 saturated carbocycles. The molecule has 2 saturated heterocycles. The maximum Gasteiger partial charge on any atom is 0.310 e. The maximum atomic E-state index is 12.2. The van der Waals surface area contributed by atoms with Crippen molar-refractivity contribution in [3.63, 3.8) is 0 Å². The van der Waals surface area contributed by atoms with Gasteiger partial charge in [0.25, 0.3) is 0 Å². The van der Waals surface area contributed by atoms with Crippen LogP contribution in [0.15, 0.2) is 29.3 Å². The van der Waals surface area contributed by atoms with Crippen LogP contribution in [0, 0.1) is 5.92 Å². The monoisotopic (exact) mass is 574 g/mol. The summed E-state index contributed by atoms with van der Waals surface area (Å²) >= 11 is 0. The van der Waals surface area contributed by atoms with Gasteiger partial charge in [-0.1, -0.05) is 12.1 Å². The molecule has 33 heavy (non-hydrogen) atoms. The summed E-state index contributed by atoms with van der Waals surface area (Å²) in [5.74, 6) is 1.53. The molecule has 186 valence electrons. The summed E-state index contributed by atoms with van der Waals surface area (Å²) in [6.45, 7) is 12.3. The number of morpholine rings is 1. The number of carbonyl (C=O) groups is 1. The molecule has 0 amide bonds. The number of aliphatic imine (C=N–C) groups is 1. The van der Waals surface area contributed by atoms with Gasteiger partial charge in [0.15, 0.2) is 5.96 Å². The number of halogens is 1. The topological polar surface area (TPSA) is 75.6 Å². The molecule has 1 aromatic carbocycles. The van der Waals surface area contributed by atoms with Crippen LogP contribution in [0.25, 0.3) is 0 Å². The Labute approximate surface area is 215 Å². The first-order valence-electron chi connectivity index (χ1n) is 11.9. The second-order valence-corrected chi connectivity index (χ2v) is 8.16. The lowest BCUT2D eigenvalue weighted by molar-refractivity contribution is -0.149. The lowest BCUT2D eigenvalue weighted by atomic mass is 9.98. The average molecular weight is 575 g/mol. The largest absolute Gasteiger partial charge is 0.492 e. The second kappa shape index (κ2) is 15.3. The fourth-order valence-corrected chi connectivity index (χ4v) is 4.06. The number of benzene rings is 1. The number of nitrogens with one attached hydrogen (secondary N) is 1. The normalized spacial score (nSPS) is 19.5. The van der Waals surface area contributed by atoms with Gasteiger partial charge in [0, 0.05) is 39.3 Å². The van der Waals surface area contributed by atoms with Crippen LogP contribution in [0.3, 0.4) is 0 Å². The first kappa shape index (κ1) is 27.7. The summed E-state index contributed by atoms with van der Waals surface area (Å²) in [6, 6.07) is 8.13. The zero-order valence-electron chi connectivity index (χ0n) is 20.0. The van der Waals surface area contributed by atoms with Gasteiger partial charge in [-0.25, -0.2) is 4.99 Å². The standard InChI is InChI=1S/C24H38N4O4.HI/c1-3-25-24(28-10-6-8-21(19-28)23(29)31-4-2)26-18-20-7-5-9-22(17-20)32-16-13-27-11-14-30-15-12-27;/h5,7,9,17,21H,3-4,6,8,10-16,18-19H2,1-2H3,(H,25,26);1H. The van der Waals surface area contributed by atoms with Crippen LogP contribution in [0.1, 0.15) is 32.3 Å². The van der Waals surface area contributed by atoms with Crippen molar-refractivity contribution in [1.29, 1.82) is 0 Å². The van der Waals surface area contributed by atoms with Crippen molar-refractivity contribution < 1.29 is 19.0 Å². The first-order chi connectivity index (χ1) is 15.7. The van der Waals surface area contributed by atoms with E-state index in [9.17, 15) is 4.79 Å². The van der Waals surface area contributed by atoms with Gasteiger partial charge < -0.3 is 24.4 Å². The lowest BCUT2D eigenvalue weighted by Gasteiger charge is -2.34. The Bertz CT molecular complexity index is 743. The minimum absolute atomic E-state index is 0. The van der Waals surface area contributed by atoms with Crippen LogP contribution in [0.4, 0.5) is 0 Å². The summed E-state index contributed by atoms with van der Waals surface area (Å²) in [5, 5.41) is 3.38. The second-order valence-electron chi connectivity index (χ2n) is 8.16. The number of esters is 1. The molecule has 3 rings (SSSR count). The number of hydrogen-bond acceptors (Lipinski definition) is 6. The number of carbonyl (C=O) groups excluding carboxylic acids is 1. The van der Waals surface area contributed by atoms with Gasteiger partial charge in [0.2, 0.25) is 0 Å². The van der Waals surface area contributed by atoms with E-state index in [1.54, 1.807) is 0 Å². The van der Waals surface area contributed by atoms with E-state index < -0.39 is 0 Å². The van der Waals surface area contributed by atoms with E-state index in [-0.39, 0.29) is 35.9 Å². The highest BCUT2D eigenvalue weighted by Crippen LogP contribution is 2.19. The predicted molar refractivity (Wildman–Crippen MR) is 140 cm³/mol. The van der Waals surface area contributed by atoms with Gasteiger partial charge in [-0.15, -0.1) is 24.0 Å². The molecule has 0 aromatic heterocycles. The highest BCUT2D eigenvalue weighted by Gasteiger charge is 2.28. The minimum atomic E-state index is -0.102. The summed E-state index contributed by atoms with van der Waals surface area (Å²) < 4.78 is 16.6. The first-order valence-corrected chi connectivity index (χ1v) is 11.9. The minimum Gasteiger partial charge on any atom is -0.492 e. The molecule has 9 heteroatoms. The molecule has 0 spiro atoms. The molecule has 8 nitrogen and oxygen atoms in total. The van der Waals surface area contributed by atoms with Crippen molar-refractivity contribution in [2.75, 3.05) is 65.7 Å². The molecule has 1 N–H and O–H groups in total. The Morgan fingerprint density at radius 2 is 2.06 bits per heavy atom. The molecule has 2 fully saturated rings. The molecule has 1 aromatic rings. The third-order valence-electron chi connectivity index (χ3n) is 5.77. The van der Waals surface area contributed by atoms with E-state index in [4.69, 9.17) is 19.2 Å². The molecular weight excluding hydrogens is 535 g/mol. The zero-order chi connectivity index (χ0) is 22.6. The average Bonchev–Trinajstić information content (AvgIpc) is 2.83. The lowest BCUT2D eigenvalue weighted by Crippen LogP contribution is -2.48. The third-order valence-corrected chi connectivity index (χ3v) is 5.77. The van der Waals surface area contributed by atoms with Crippen molar-refractivity contribution >= 4 is 35.9 Å². The van der Waals surface area contributed by atoms with Crippen molar-refractivity contribution in [3.05, 3.63) is 29.8 Å². The van der Waals surface area contributed by atoms with E-state index in [0.717, 1.165) is 76.1 Å². The van der Waals surface area contributed by atoms with Crippen LogP contribution >= 0.6 is 24.0 Å². The fraction of sp³-hybridized carbons (Fsp3) is 0.667. The van der Waals surface area contributed by atoms with Gasteiger partial charge in [0.1, 0.15) is 12.4 Å². The number of piperidine rings is 1. The Kier molecular flexibility index (Phi) is 12.9. The molecule has 0 radical (unpaired) electrons. The SMILES string of the molecule is CCNC(=NCc1cccc(OCCN2CCOCC2)c1)N1CCCC(C(=O)OCC)C1.I. The molecule has 2 aliphatic rings. The van der Waals surface area contributed by atoms with Gasteiger partial charge in [-0.05, 0) is 44.4 Å². The molecule has 2 heterocycles. The van der Waals surface area contributed by atoms with Gasteiger partial charge in [-0.2, -0.15) is 0 Å². The highest BCUT2D eigenvalue weighted by molar-refractivity contribution is 14.0. The molecule has 1 unspecified atom stereocenters. The Morgan fingerprint density at radius 1 is 1.24 bits per heavy atom. The van der Waals surface area contributed by atoms with Crippen molar-refractivity contribution in [2.24, 2.45) is 10.9 Å². The Morgan fingerprint density at radius 3 is 2.82 bits per heavy atom. The van der Waals surface area contributed by atoms with Gasteiger partial charge in [0.05, 0.1) is 32.3 Å². The van der Waals surface area contributed by atoms with Crippen LogP contribution < -0.4 is 10.1 Å². The van der Waals surface area contributed by atoms with Crippen molar-refractivity contribution in [2.45, 2.75) is 33.2 Å². The summed E-state index contributed by atoms with van der Waals surface area (Å²) in [6.07, 6.45) is 1.83. The third kappa shape index (κ3) is 9.29. The van der Waals surface area contributed by atoms with Crippen LogP contribution in [0.5, 0.6) is 5.75 Å². The molecule has 1 atom stereocenters. The van der Waals surface area contributed by atoms with Crippen molar-refractivity contribution in [1.82, 2.24) is 15.1 Å². The van der Waals surface area contributed by atoms with E-state index in [1.807, 2.05) is 19.1 Å². The highest BCUT2D eigenvalue weighted by atomic mass is 127. The quantitative estimate of drug-likeness (QED) is 0.211. The maximum absolute atomic E-state index is 12.2. The van der Waals surface area contributed by atoms with Gasteiger partial charge in [-0.3, -0.25) is 9.69 Å². The smallest absolute Gasteiger partial charge is 0.310 e. The Hall–Kier alpha value is -1.59. The van der Waals surface area contributed by atoms with E-state index in [0.29, 0.717) is 26.3 Å². The molecular formula is C24H39IN4O4. The molecule has 2 aliphatic heterocycles. The van der Waals surface area contributed by atoms with E-state index in [1.165, 1.54) is 0 Å². The van der Waals surface area contributed by atoms with Crippen molar-refractivity contribution in [3.8, 4) is 5.75 Å². The number of guanidine groups is 1. The van der Waals surface area contributed by atoms with Crippen LogP contribution in [-0.2, 0) is 20.8 Å². The predicted octanol–water partition coefficient (Wildman–Crippen LogP) is 2.76. The Balaban J connectivity index is 0.00000385. The fourth-order valence-electron chi connectivity index (χ4n) is 4.06. The number of nitrogens with zero attached hydrogens (tertiary/aromatic N) is 3. The van der Waals surface area contributed by atoms with Crippen LogP contribution in [0.2, 0.25) is 0 Å². The zero-order valence-corrected chi connectivity index (χ0v) is 22.3. The van der Waals surface area contributed by atoms with E-state index >= 15 is 0 Å². The number of rotatable bonds is 9. The van der Waals surface area contributed by atoms with E-state index in [2.05, 4.69) is 34.2 Å². The number of ether oxygens (including phenoxy) is 3. The number of likely N-dealkylation sites (tertiary alicyclic amines) is 1. The van der Waals surface area contributed by atoms with Gasteiger partial charge >= 0.3 is 5.97 Å². The molecule has 0 aliphatic carbocycles. The summed E-state index contributed by atoms with van der Waals surface area (Å²) in [5.41, 5.74) is 1.10. The summed E-state index contributed by atoms with van der Waals surface area (Å²) in [4.78, 5) is 21.6. The molecule has 0 bridgehead atoms. The summed E-state index contributed by atoms with van der Waals surface area (Å²) in [7, 11) is 0.